The Morgan fingerprint density at radius 2 is 2.26 bits per heavy atom. The fourth-order valence-corrected chi connectivity index (χ4v) is 3.31. The minimum absolute atomic E-state index is 0.0911. The number of nitrogens with one attached hydrogen (secondary N) is 1. The van der Waals surface area contributed by atoms with Crippen LogP contribution >= 0.6 is 11.8 Å². The minimum atomic E-state index is -0.520. The Kier molecular flexibility index (Phi) is 4.11. The molecule has 1 unspecified atom stereocenters. The summed E-state index contributed by atoms with van der Waals surface area (Å²) in [5, 5.41) is 14.0. The maximum atomic E-state index is 12.3. The first-order chi connectivity index (χ1) is 11.0. The third kappa shape index (κ3) is 3.24. The topological polar surface area (TPSA) is 107 Å². The van der Waals surface area contributed by atoms with Gasteiger partial charge in [0.15, 0.2) is 5.16 Å². The van der Waals surface area contributed by atoms with Gasteiger partial charge in [-0.05, 0) is 6.07 Å². The molecule has 2 aromatic rings. The summed E-state index contributed by atoms with van der Waals surface area (Å²) in [5.41, 5.74) is 0.0699. The van der Waals surface area contributed by atoms with E-state index in [0.717, 1.165) is 0 Å². The van der Waals surface area contributed by atoms with Crippen LogP contribution in [0.5, 0.6) is 0 Å². The second-order valence-electron chi connectivity index (χ2n) is 4.98. The second kappa shape index (κ2) is 6.21. The summed E-state index contributed by atoms with van der Waals surface area (Å²) in [4.78, 5) is 38.5. The summed E-state index contributed by atoms with van der Waals surface area (Å²) >= 11 is 1.34. The van der Waals surface area contributed by atoms with E-state index in [2.05, 4.69) is 10.3 Å². The lowest BCUT2D eigenvalue weighted by molar-refractivity contribution is -0.384. The van der Waals surface area contributed by atoms with Crippen LogP contribution in [0.4, 0.5) is 11.4 Å². The maximum Gasteiger partial charge on any atom is 0.271 e. The van der Waals surface area contributed by atoms with Crippen molar-refractivity contribution < 1.29 is 9.72 Å². The number of benzene rings is 1. The molecule has 3 rings (SSSR count). The Morgan fingerprint density at radius 3 is 3.04 bits per heavy atom. The van der Waals surface area contributed by atoms with Crippen molar-refractivity contribution in [3.05, 3.63) is 57.0 Å². The molecule has 0 radical (unpaired) electrons. The molecule has 0 aliphatic carbocycles. The number of non-ortho nitro benzene ring substituents is 1. The van der Waals surface area contributed by atoms with Crippen molar-refractivity contribution in [3.63, 3.8) is 0 Å². The van der Waals surface area contributed by atoms with Gasteiger partial charge in [-0.15, -0.1) is 0 Å². The predicted molar refractivity (Wildman–Crippen MR) is 84.4 cm³/mol. The van der Waals surface area contributed by atoms with Crippen LogP contribution in [0.3, 0.4) is 0 Å². The summed E-state index contributed by atoms with van der Waals surface area (Å²) in [7, 11) is 0. The fraction of sp³-hybridized carbons (Fsp3) is 0.214. The van der Waals surface area contributed by atoms with Crippen molar-refractivity contribution >= 4 is 29.0 Å². The lowest BCUT2D eigenvalue weighted by Crippen LogP contribution is -2.36. The molecule has 0 spiro atoms. The Labute approximate surface area is 134 Å². The zero-order chi connectivity index (χ0) is 16.4. The second-order valence-corrected chi connectivity index (χ2v) is 5.97. The molecular weight excluding hydrogens is 320 g/mol. The van der Waals surface area contributed by atoms with E-state index in [0.29, 0.717) is 16.6 Å². The molecule has 8 nitrogen and oxygen atoms in total. The Hall–Kier alpha value is -2.68. The number of anilines is 1. The fourth-order valence-electron chi connectivity index (χ4n) is 2.25. The van der Waals surface area contributed by atoms with Crippen LogP contribution in [0.2, 0.25) is 0 Å². The highest BCUT2D eigenvalue weighted by Crippen LogP contribution is 2.26. The van der Waals surface area contributed by atoms with E-state index in [1.54, 1.807) is 6.07 Å². The summed E-state index contributed by atoms with van der Waals surface area (Å²) in [6.45, 7) is 0.246. The molecule has 0 bridgehead atoms. The molecular formula is C14H12N4O4S. The predicted octanol–water partition coefficient (Wildman–Crippen LogP) is 1.51. The highest BCUT2D eigenvalue weighted by atomic mass is 32.2. The summed E-state index contributed by atoms with van der Waals surface area (Å²) in [6, 6.07) is 7.10. The van der Waals surface area contributed by atoms with Gasteiger partial charge in [-0.3, -0.25) is 24.3 Å². The number of hydrogen-bond acceptors (Lipinski definition) is 6. The number of carbonyl (C=O) groups excluding carboxylic acids is 1. The molecule has 0 saturated carbocycles. The van der Waals surface area contributed by atoms with Gasteiger partial charge in [0.1, 0.15) is 0 Å². The van der Waals surface area contributed by atoms with Crippen LogP contribution in [0.25, 0.3) is 0 Å². The van der Waals surface area contributed by atoms with Gasteiger partial charge < -0.3 is 5.32 Å². The number of nitro benzene ring substituents is 1. The molecule has 1 aliphatic rings. The SMILES string of the molecule is O=C(Nc1cccc([N+](=O)[O-])c1)C1CSc2nccc(=O)n2C1. The van der Waals surface area contributed by atoms with Crippen molar-refractivity contribution in [1.29, 1.82) is 0 Å². The third-order valence-electron chi connectivity index (χ3n) is 3.41. The number of nitro groups is 1. The molecule has 118 valence electrons. The number of aromatic nitrogens is 2. The first-order valence-corrected chi connectivity index (χ1v) is 7.77. The molecule has 0 fully saturated rings. The van der Waals surface area contributed by atoms with Crippen LogP contribution in [-0.2, 0) is 11.3 Å². The van der Waals surface area contributed by atoms with E-state index >= 15 is 0 Å². The van der Waals surface area contributed by atoms with E-state index < -0.39 is 10.8 Å². The van der Waals surface area contributed by atoms with Crippen molar-refractivity contribution in [3.8, 4) is 0 Å². The van der Waals surface area contributed by atoms with Crippen molar-refractivity contribution in [2.75, 3.05) is 11.1 Å². The standard InChI is InChI=1S/C14H12N4O4S/c19-12-4-5-15-14-17(12)7-9(8-23-14)13(20)16-10-2-1-3-11(6-10)18(21)22/h1-6,9H,7-8H2,(H,16,20). The monoisotopic (exact) mass is 332 g/mol. The van der Waals surface area contributed by atoms with Gasteiger partial charge in [0.25, 0.3) is 11.2 Å². The smallest absolute Gasteiger partial charge is 0.271 e. The minimum Gasteiger partial charge on any atom is -0.326 e. The molecule has 1 amide bonds. The Bertz CT molecular complexity index is 836. The normalized spacial score (nSPS) is 16.4. The largest absolute Gasteiger partial charge is 0.326 e. The summed E-state index contributed by atoms with van der Waals surface area (Å²) in [6.07, 6.45) is 1.45. The zero-order valence-electron chi connectivity index (χ0n) is 11.8. The van der Waals surface area contributed by atoms with E-state index in [1.165, 1.54) is 46.8 Å². The van der Waals surface area contributed by atoms with E-state index in [-0.39, 0.29) is 23.7 Å². The highest BCUT2D eigenvalue weighted by Gasteiger charge is 2.26. The van der Waals surface area contributed by atoms with E-state index in [1.807, 2.05) is 0 Å². The molecule has 1 aliphatic heterocycles. The molecule has 9 heteroatoms. The van der Waals surface area contributed by atoms with Crippen LogP contribution in [0.15, 0.2) is 46.5 Å². The Morgan fingerprint density at radius 1 is 1.43 bits per heavy atom. The number of fused-ring (bicyclic) bond motifs is 1. The van der Waals surface area contributed by atoms with Gasteiger partial charge >= 0.3 is 0 Å². The molecule has 1 atom stereocenters. The molecule has 2 heterocycles. The quantitative estimate of drug-likeness (QED) is 0.519. The number of rotatable bonds is 3. The highest BCUT2D eigenvalue weighted by molar-refractivity contribution is 7.99. The van der Waals surface area contributed by atoms with Crippen LogP contribution in [0, 0.1) is 16.0 Å². The van der Waals surface area contributed by atoms with Crippen LogP contribution < -0.4 is 10.9 Å². The van der Waals surface area contributed by atoms with Gasteiger partial charge in [0, 0.05) is 42.4 Å². The maximum absolute atomic E-state index is 12.3. The number of amides is 1. The van der Waals surface area contributed by atoms with Crippen molar-refractivity contribution in [2.24, 2.45) is 5.92 Å². The van der Waals surface area contributed by atoms with Gasteiger partial charge in [-0.1, -0.05) is 17.8 Å². The molecule has 1 aromatic heterocycles. The van der Waals surface area contributed by atoms with Crippen LogP contribution in [-0.4, -0.2) is 26.1 Å². The van der Waals surface area contributed by atoms with Gasteiger partial charge in [-0.2, -0.15) is 0 Å². The van der Waals surface area contributed by atoms with Gasteiger partial charge in [-0.25, -0.2) is 4.98 Å². The molecule has 0 saturated heterocycles. The average Bonchev–Trinajstić information content (AvgIpc) is 2.55. The molecule has 23 heavy (non-hydrogen) atoms. The van der Waals surface area contributed by atoms with Crippen molar-refractivity contribution in [1.82, 2.24) is 9.55 Å². The Balaban J connectivity index is 1.75. The zero-order valence-corrected chi connectivity index (χ0v) is 12.7. The molecule has 1 aromatic carbocycles. The van der Waals surface area contributed by atoms with Crippen molar-refractivity contribution in [2.45, 2.75) is 11.7 Å². The third-order valence-corrected chi connectivity index (χ3v) is 4.56. The lowest BCUT2D eigenvalue weighted by Gasteiger charge is -2.23. The number of nitrogens with zero attached hydrogens (tertiary/aromatic N) is 3. The number of thioether (sulfide) groups is 1. The van der Waals surface area contributed by atoms with Gasteiger partial charge in [0.05, 0.1) is 10.8 Å². The summed E-state index contributed by atoms with van der Waals surface area (Å²) < 4.78 is 1.46. The first-order valence-electron chi connectivity index (χ1n) is 6.78. The number of carbonyl (C=O) groups is 1. The summed E-state index contributed by atoms with van der Waals surface area (Å²) in [5.74, 6) is -0.190. The first kappa shape index (κ1) is 15.2. The van der Waals surface area contributed by atoms with Gasteiger partial charge in [0.2, 0.25) is 5.91 Å². The molecule has 1 N–H and O–H groups in total. The lowest BCUT2D eigenvalue weighted by atomic mass is 10.1. The van der Waals surface area contributed by atoms with Crippen LogP contribution in [0.1, 0.15) is 0 Å². The average molecular weight is 332 g/mol. The number of hydrogen-bond donors (Lipinski definition) is 1. The van der Waals surface area contributed by atoms with E-state index in [9.17, 15) is 19.7 Å². The van der Waals surface area contributed by atoms with E-state index in [4.69, 9.17) is 0 Å².